The first kappa shape index (κ1) is 21.7. The maximum Gasteiger partial charge on any atom is 0.223 e. The molecular formula is C25H30N6O. The van der Waals surface area contributed by atoms with Gasteiger partial charge >= 0.3 is 0 Å². The fourth-order valence-electron chi connectivity index (χ4n) is 3.99. The van der Waals surface area contributed by atoms with Gasteiger partial charge in [0.1, 0.15) is 11.6 Å². The molecule has 4 rings (SSSR count). The number of hydrogen-bond donors (Lipinski definition) is 2. The Bertz CT molecular complexity index is 1090. The zero-order chi connectivity index (χ0) is 22.5. The number of anilines is 1. The normalized spacial score (nSPS) is 14.5. The van der Waals surface area contributed by atoms with Gasteiger partial charge in [-0.1, -0.05) is 38.8 Å². The number of pyridine rings is 1. The van der Waals surface area contributed by atoms with Crippen LogP contribution in [0, 0.1) is 11.8 Å². The SMILES string of the molecule is CC(C)C=Nc1cnc(-c2cccnc2N)n1-c1ccc(CNC(=O)C2CCCC2)cc1. The third kappa shape index (κ3) is 4.88. The van der Waals surface area contributed by atoms with Crippen LogP contribution in [0.25, 0.3) is 17.1 Å². The van der Waals surface area contributed by atoms with Crippen LogP contribution in [0.2, 0.25) is 0 Å². The van der Waals surface area contributed by atoms with Crippen LogP contribution in [0.5, 0.6) is 0 Å². The van der Waals surface area contributed by atoms with Crippen LogP contribution in [-0.4, -0.2) is 26.7 Å². The number of rotatable bonds is 7. The second-order valence-corrected chi connectivity index (χ2v) is 8.60. The molecule has 2 aromatic heterocycles. The lowest BCUT2D eigenvalue weighted by Gasteiger charge is -2.13. The van der Waals surface area contributed by atoms with Crippen LogP contribution in [0.1, 0.15) is 45.1 Å². The van der Waals surface area contributed by atoms with Gasteiger partial charge in [0.25, 0.3) is 0 Å². The molecule has 1 aliphatic carbocycles. The van der Waals surface area contributed by atoms with Crippen LogP contribution < -0.4 is 11.1 Å². The lowest BCUT2D eigenvalue weighted by Crippen LogP contribution is -2.28. The molecular weight excluding hydrogens is 400 g/mol. The molecule has 2 heterocycles. The van der Waals surface area contributed by atoms with Gasteiger partial charge < -0.3 is 11.1 Å². The molecule has 3 aromatic rings. The summed E-state index contributed by atoms with van der Waals surface area (Å²) >= 11 is 0. The number of hydrogen-bond acceptors (Lipinski definition) is 5. The van der Waals surface area contributed by atoms with E-state index in [1.807, 2.05) is 47.2 Å². The van der Waals surface area contributed by atoms with Crippen molar-refractivity contribution < 1.29 is 4.79 Å². The predicted octanol–water partition coefficient (Wildman–Crippen LogP) is 4.68. The summed E-state index contributed by atoms with van der Waals surface area (Å²) < 4.78 is 1.98. The molecule has 32 heavy (non-hydrogen) atoms. The number of aliphatic imine (C=N–C) groups is 1. The lowest BCUT2D eigenvalue weighted by atomic mass is 10.1. The van der Waals surface area contributed by atoms with E-state index in [2.05, 4.69) is 34.1 Å². The van der Waals surface area contributed by atoms with Crippen LogP contribution >= 0.6 is 0 Å². The van der Waals surface area contributed by atoms with E-state index in [4.69, 9.17) is 5.73 Å². The molecule has 0 spiro atoms. The number of aromatic nitrogens is 3. The molecule has 1 saturated carbocycles. The minimum atomic E-state index is 0.167. The molecule has 1 amide bonds. The molecule has 0 aliphatic heterocycles. The molecule has 7 heteroatoms. The number of nitrogen functional groups attached to an aromatic ring is 1. The van der Waals surface area contributed by atoms with Gasteiger partial charge in [-0.25, -0.2) is 15.0 Å². The van der Waals surface area contributed by atoms with E-state index in [0.717, 1.165) is 48.3 Å². The third-order valence-corrected chi connectivity index (χ3v) is 5.71. The minimum Gasteiger partial charge on any atom is -0.383 e. The van der Waals surface area contributed by atoms with Crippen molar-refractivity contribution in [3.05, 3.63) is 54.4 Å². The third-order valence-electron chi connectivity index (χ3n) is 5.71. The van der Waals surface area contributed by atoms with Crippen molar-refractivity contribution in [2.75, 3.05) is 5.73 Å². The Morgan fingerprint density at radius 2 is 1.97 bits per heavy atom. The van der Waals surface area contributed by atoms with E-state index >= 15 is 0 Å². The van der Waals surface area contributed by atoms with Crippen molar-refractivity contribution in [1.29, 1.82) is 0 Å². The van der Waals surface area contributed by atoms with Crippen molar-refractivity contribution in [2.45, 2.75) is 46.1 Å². The molecule has 3 N–H and O–H groups in total. The summed E-state index contributed by atoms with van der Waals surface area (Å²) in [5.41, 5.74) is 8.86. The fraction of sp³-hybridized carbons (Fsp3) is 0.360. The highest BCUT2D eigenvalue weighted by atomic mass is 16.1. The molecule has 0 atom stereocenters. The zero-order valence-electron chi connectivity index (χ0n) is 18.7. The molecule has 0 saturated heterocycles. The van der Waals surface area contributed by atoms with Crippen molar-refractivity contribution in [2.24, 2.45) is 16.8 Å². The lowest BCUT2D eigenvalue weighted by molar-refractivity contribution is -0.124. The second-order valence-electron chi connectivity index (χ2n) is 8.60. The number of benzene rings is 1. The van der Waals surface area contributed by atoms with E-state index in [-0.39, 0.29) is 11.8 Å². The van der Waals surface area contributed by atoms with E-state index in [9.17, 15) is 4.79 Å². The van der Waals surface area contributed by atoms with Gasteiger partial charge in [-0.05, 0) is 48.6 Å². The van der Waals surface area contributed by atoms with Gasteiger partial charge in [0.05, 0.1) is 11.8 Å². The number of carbonyl (C=O) groups excluding carboxylic acids is 1. The summed E-state index contributed by atoms with van der Waals surface area (Å²) in [5.74, 6) is 2.49. The molecule has 166 valence electrons. The summed E-state index contributed by atoms with van der Waals surface area (Å²) in [5, 5.41) is 3.08. The van der Waals surface area contributed by atoms with Gasteiger partial charge in [-0.2, -0.15) is 0 Å². The largest absolute Gasteiger partial charge is 0.383 e. The number of imidazole rings is 1. The smallest absolute Gasteiger partial charge is 0.223 e. The number of carbonyl (C=O) groups is 1. The Morgan fingerprint density at radius 1 is 1.22 bits per heavy atom. The van der Waals surface area contributed by atoms with Gasteiger partial charge in [-0.3, -0.25) is 9.36 Å². The Hall–Kier alpha value is -3.48. The Labute approximate surface area is 188 Å². The Kier molecular flexibility index (Phi) is 6.63. The summed E-state index contributed by atoms with van der Waals surface area (Å²) in [6, 6.07) is 11.8. The molecule has 1 aromatic carbocycles. The summed E-state index contributed by atoms with van der Waals surface area (Å²) in [4.78, 5) is 25.8. The average molecular weight is 431 g/mol. The van der Waals surface area contributed by atoms with Crippen LogP contribution in [-0.2, 0) is 11.3 Å². The standard InChI is InChI=1S/C25H30N6O/c1-17(2)14-28-22-16-29-24(21-8-5-13-27-23(21)26)31(22)20-11-9-18(10-12-20)15-30-25(32)19-6-3-4-7-19/h5,8-14,16-17,19H,3-4,6-7,15H2,1-2H3,(H2,26,27)(H,30,32). The first-order valence-electron chi connectivity index (χ1n) is 11.2. The highest BCUT2D eigenvalue weighted by Crippen LogP contribution is 2.31. The molecule has 7 nitrogen and oxygen atoms in total. The van der Waals surface area contributed by atoms with Gasteiger partial charge in [0.15, 0.2) is 5.82 Å². The van der Waals surface area contributed by atoms with Crippen molar-refractivity contribution in [3.63, 3.8) is 0 Å². The van der Waals surface area contributed by atoms with Crippen LogP contribution in [0.3, 0.4) is 0 Å². The van der Waals surface area contributed by atoms with E-state index < -0.39 is 0 Å². The average Bonchev–Trinajstić information content (AvgIpc) is 3.47. The topological polar surface area (TPSA) is 98.2 Å². The molecule has 0 unspecified atom stereocenters. The fourth-order valence-corrected chi connectivity index (χ4v) is 3.99. The minimum absolute atomic E-state index is 0.167. The van der Waals surface area contributed by atoms with Crippen molar-refractivity contribution >= 4 is 23.8 Å². The number of nitrogens with zero attached hydrogens (tertiary/aromatic N) is 4. The first-order chi connectivity index (χ1) is 15.5. The molecule has 1 fully saturated rings. The maximum atomic E-state index is 12.3. The van der Waals surface area contributed by atoms with Gasteiger partial charge in [0, 0.05) is 30.6 Å². The predicted molar refractivity (Wildman–Crippen MR) is 128 cm³/mol. The molecule has 1 aliphatic rings. The summed E-state index contributed by atoms with van der Waals surface area (Å²) in [7, 11) is 0. The van der Waals surface area contributed by atoms with Gasteiger partial charge in [0.2, 0.25) is 5.91 Å². The van der Waals surface area contributed by atoms with E-state index in [1.54, 1.807) is 12.4 Å². The zero-order valence-corrected chi connectivity index (χ0v) is 18.7. The van der Waals surface area contributed by atoms with Gasteiger partial charge in [-0.15, -0.1) is 0 Å². The van der Waals surface area contributed by atoms with Crippen molar-refractivity contribution in [1.82, 2.24) is 19.9 Å². The second kappa shape index (κ2) is 9.77. The number of nitrogens with two attached hydrogens (primary N) is 1. The highest BCUT2D eigenvalue weighted by molar-refractivity contribution is 5.79. The summed E-state index contributed by atoms with van der Waals surface area (Å²) in [6.45, 7) is 4.69. The highest BCUT2D eigenvalue weighted by Gasteiger charge is 2.22. The van der Waals surface area contributed by atoms with Crippen LogP contribution in [0.4, 0.5) is 11.6 Å². The summed E-state index contributed by atoms with van der Waals surface area (Å²) in [6.07, 6.45) is 9.63. The Balaban J connectivity index is 1.60. The monoisotopic (exact) mass is 430 g/mol. The number of amides is 1. The van der Waals surface area contributed by atoms with E-state index in [1.165, 1.54) is 0 Å². The van der Waals surface area contributed by atoms with Crippen molar-refractivity contribution in [3.8, 4) is 17.1 Å². The quantitative estimate of drug-likeness (QED) is 0.532. The molecule has 0 bridgehead atoms. The van der Waals surface area contributed by atoms with Crippen LogP contribution in [0.15, 0.2) is 53.8 Å². The number of nitrogens with one attached hydrogen (secondary N) is 1. The van der Waals surface area contributed by atoms with E-state index in [0.29, 0.717) is 24.1 Å². The maximum absolute atomic E-state index is 12.3. The molecule has 0 radical (unpaired) electrons. The Morgan fingerprint density at radius 3 is 2.66 bits per heavy atom. The first-order valence-corrected chi connectivity index (χ1v) is 11.2.